The third-order valence-corrected chi connectivity index (χ3v) is 3.16. The fourth-order valence-electron chi connectivity index (χ4n) is 1.37. The van der Waals surface area contributed by atoms with Crippen LogP contribution in [0.5, 0.6) is 0 Å². The number of aliphatic hydroxyl groups is 1. The van der Waals surface area contributed by atoms with Gasteiger partial charge in [-0.15, -0.1) is 21.5 Å². The molecule has 0 saturated carbocycles. The van der Waals surface area contributed by atoms with Gasteiger partial charge in [-0.1, -0.05) is 6.07 Å². The van der Waals surface area contributed by atoms with Crippen LogP contribution in [-0.4, -0.2) is 54.9 Å². The largest absolute Gasteiger partial charge is 0.480 e. The number of aliphatic hydroxyl groups excluding tert-OH is 1. The normalized spacial score (nSPS) is 12.1. The van der Waals surface area contributed by atoms with Gasteiger partial charge < -0.3 is 15.5 Å². The smallest absolute Gasteiger partial charge is 0.328 e. The van der Waals surface area contributed by atoms with Gasteiger partial charge in [0.25, 0.3) is 0 Å². The molecule has 0 saturated heterocycles. The van der Waals surface area contributed by atoms with Crippen LogP contribution in [0.2, 0.25) is 0 Å². The number of tetrazole rings is 1. The highest BCUT2D eigenvalue weighted by Gasteiger charge is 2.19. The van der Waals surface area contributed by atoms with Gasteiger partial charge in [-0.05, 0) is 16.7 Å². The molecule has 0 aliphatic carbocycles. The Kier molecular flexibility index (Phi) is 4.38. The topological polar surface area (TPSA) is 130 Å². The summed E-state index contributed by atoms with van der Waals surface area (Å²) in [6.45, 7) is -0.964. The number of amides is 1. The maximum absolute atomic E-state index is 11.6. The molecule has 9 nitrogen and oxygen atoms in total. The van der Waals surface area contributed by atoms with Crippen molar-refractivity contribution in [2.45, 2.75) is 12.6 Å². The average Bonchev–Trinajstić information content (AvgIpc) is 3.05. The molecule has 0 fully saturated rings. The molecule has 2 aromatic heterocycles. The predicted octanol–water partition coefficient (Wildman–Crippen LogP) is -1.04. The lowest BCUT2D eigenvalue weighted by Crippen LogP contribution is -2.44. The third-order valence-electron chi connectivity index (χ3n) is 2.30. The monoisotopic (exact) mass is 297 g/mol. The minimum Gasteiger partial charge on any atom is -0.480 e. The number of nitrogens with one attached hydrogen (secondary N) is 1. The molecular weight excluding hydrogens is 286 g/mol. The van der Waals surface area contributed by atoms with Gasteiger partial charge in [0.2, 0.25) is 11.7 Å². The first-order chi connectivity index (χ1) is 9.60. The second-order valence-corrected chi connectivity index (χ2v) is 4.71. The molecule has 10 heteroatoms. The Morgan fingerprint density at radius 1 is 1.50 bits per heavy atom. The number of carbonyl (C=O) groups excluding carboxylic acids is 1. The van der Waals surface area contributed by atoms with E-state index in [0.29, 0.717) is 5.82 Å². The first kappa shape index (κ1) is 14.1. The van der Waals surface area contributed by atoms with Crippen LogP contribution in [0.1, 0.15) is 0 Å². The minimum atomic E-state index is -1.34. The number of rotatable bonds is 6. The number of nitrogens with zero attached hydrogens (tertiary/aromatic N) is 4. The second-order valence-electron chi connectivity index (χ2n) is 3.76. The standard InChI is InChI=1S/C10H11N5O4S/c16-5-6(10(18)19)11-8(17)4-15-13-9(12-14-15)7-2-1-3-20-7/h1-3,6,16H,4-5H2,(H,11,17)(H,18,19). The summed E-state index contributed by atoms with van der Waals surface area (Å²) >= 11 is 1.44. The van der Waals surface area contributed by atoms with Crippen molar-refractivity contribution in [3.63, 3.8) is 0 Å². The number of hydrogen-bond donors (Lipinski definition) is 3. The SMILES string of the molecule is O=C(Cn1nnc(-c2cccs2)n1)NC(CO)C(=O)O. The zero-order chi connectivity index (χ0) is 14.5. The molecule has 0 radical (unpaired) electrons. The number of carboxylic acids is 1. The van der Waals surface area contributed by atoms with Crippen LogP contribution in [0.4, 0.5) is 0 Å². The highest BCUT2D eigenvalue weighted by molar-refractivity contribution is 7.13. The van der Waals surface area contributed by atoms with E-state index in [9.17, 15) is 9.59 Å². The van der Waals surface area contributed by atoms with Gasteiger partial charge >= 0.3 is 5.97 Å². The molecule has 1 amide bonds. The Labute approximate surface area is 116 Å². The fourth-order valence-corrected chi connectivity index (χ4v) is 2.02. The van der Waals surface area contributed by atoms with Crippen LogP contribution in [0.3, 0.4) is 0 Å². The molecule has 1 unspecified atom stereocenters. The van der Waals surface area contributed by atoms with E-state index >= 15 is 0 Å². The van der Waals surface area contributed by atoms with E-state index < -0.39 is 24.5 Å². The van der Waals surface area contributed by atoms with Crippen molar-refractivity contribution >= 4 is 23.2 Å². The maximum Gasteiger partial charge on any atom is 0.328 e. The lowest BCUT2D eigenvalue weighted by molar-refractivity contribution is -0.143. The van der Waals surface area contributed by atoms with Gasteiger partial charge in [-0.3, -0.25) is 4.79 Å². The molecule has 0 bridgehead atoms. The summed E-state index contributed by atoms with van der Waals surface area (Å²) < 4.78 is 0. The molecule has 2 aromatic rings. The Bertz CT molecular complexity index is 597. The molecule has 0 aliphatic rings. The van der Waals surface area contributed by atoms with Crippen LogP contribution in [0.25, 0.3) is 10.7 Å². The van der Waals surface area contributed by atoms with Gasteiger partial charge in [0.15, 0.2) is 0 Å². The van der Waals surface area contributed by atoms with Crippen molar-refractivity contribution < 1.29 is 19.8 Å². The van der Waals surface area contributed by atoms with Gasteiger partial charge in [0.1, 0.15) is 12.6 Å². The van der Waals surface area contributed by atoms with Crippen LogP contribution in [0.15, 0.2) is 17.5 Å². The summed E-state index contributed by atoms with van der Waals surface area (Å²) in [4.78, 5) is 24.1. The highest BCUT2D eigenvalue weighted by Crippen LogP contribution is 2.19. The molecule has 106 valence electrons. The lowest BCUT2D eigenvalue weighted by Gasteiger charge is -2.10. The molecular formula is C10H11N5O4S. The number of carboxylic acid groups (broad SMARTS) is 1. The van der Waals surface area contributed by atoms with E-state index in [1.54, 1.807) is 0 Å². The predicted molar refractivity (Wildman–Crippen MR) is 67.8 cm³/mol. The van der Waals surface area contributed by atoms with Crippen molar-refractivity contribution in [2.75, 3.05) is 6.61 Å². The average molecular weight is 297 g/mol. The summed E-state index contributed by atoms with van der Waals surface area (Å²) in [6.07, 6.45) is 0. The van der Waals surface area contributed by atoms with Crippen molar-refractivity contribution in [3.05, 3.63) is 17.5 Å². The molecule has 1 atom stereocenters. The molecule has 2 heterocycles. The zero-order valence-corrected chi connectivity index (χ0v) is 10.9. The second kappa shape index (κ2) is 6.21. The van der Waals surface area contributed by atoms with E-state index in [-0.39, 0.29) is 6.54 Å². The van der Waals surface area contributed by atoms with Gasteiger partial charge in [-0.2, -0.15) is 4.80 Å². The fraction of sp³-hybridized carbons (Fsp3) is 0.300. The van der Waals surface area contributed by atoms with E-state index in [1.807, 2.05) is 17.5 Å². The van der Waals surface area contributed by atoms with Crippen molar-refractivity contribution in [2.24, 2.45) is 0 Å². The van der Waals surface area contributed by atoms with Crippen molar-refractivity contribution in [1.29, 1.82) is 0 Å². The van der Waals surface area contributed by atoms with Gasteiger partial charge in [0.05, 0.1) is 11.5 Å². The third kappa shape index (κ3) is 3.36. The number of aromatic nitrogens is 4. The summed E-state index contributed by atoms with van der Waals surface area (Å²) in [7, 11) is 0. The van der Waals surface area contributed by atoms with Crippen LogP contribution < -0.4 is 5.32 Å². The van der Waals surface area contributed by atoms with Gasteiger partial charge in [0, 0.05) is 0 Å². The van der Waals surface area contributed by atoms with Crippen molar-refractivity contribution in [1.82, 2.24) is 25.5 Å². The highest BCUT2D eigenvalue weighted by atomic mass is 32.1. The Morgan fingerprint density at radius 2 is 2.30 bits per heavy atom. The Morgan fingerprint density at radius 3 is 2.90 bits per heavy atom. The number of thiophene rings is 1. The molecule has 3 N–H and O–H groups in total. The summed E-state index contributed by atoms with van der Waals surface area (Å²) in [5, 5.41) is 33.0. The molecule has 0 aliphatic heterocycles. The summed E-state index contributed by atoms with van der Waals surface area (Å²) in [6, 6.07) is 2.31. The molecule has 0 spiro atoms. The molecule has 0 aromatic carbocycles. The van der Waals surface area contributed by atoms with E-state index in [2.05, 4.69) is 20.7 Å². The van der Waals surface area contributed by atoms with E-state index in [0.717, 1.165) is 9.67 Å². The maximum atomic E-state index is 11.6. The minimum absolute atomic E-state index is 0.276. The summed E-state index contributed by atoms with van der Waals surface area (Å²) in [5.74, 6) is -1.54. The van der Waals surface area contributed by atoms with Crippen LogP contribution >= 0.6 is 11.3 Å². The first-order valence-electron chi connectivity index (χ1n) is 5.55. The Balaban J connectivity index is 1.97. The van der Waals surface area contributed by atoms with E-state index in [4.69, 9.17) is 10.2 Å². The van der Waals surface area contributed by atoms with Crippen molar-refractivity contribution in [3.8, 4) is 10.7 Å². The van der Waals surface area contributed by atoms with Crippen LogP contribution in [0, 0.1) is 0 Å². The van der Waals surface area contributed by atoms with Gasteiger partial charge in [-0.25, -0.2) is 4.79 Å². The Hall–Kier alpha value is -2.33. The number of aliphatic carboxylic acids is 1. The zero-order valence-electron chi connectivity index (χ0n) is 10.1. The molecule has 20 heavy (non-hydrogen) atoms. The van der Waals surface area contributed by atoms with Crippen LogP contribution in [-0.2, 0) is 16.1 Å². The first-order valence-corrected chi connectivity index (χ1v) is 6.43. The number of carbonyl (C=O) groups is 2. The number of hydrogen-bond acceptors (Lipinski definition) is 7. The van der Waals surface area contributed by atoms with E-state index in [1.165, 1.54) is 11.3 Å². The quantitative estimate of drug-likeness (QED) is 0.621. The lowest BCUT2D eigenvalue weighted by atomic mass is 10.3. The summed E-state index contributed by atoms with van der Waals surface area (Å²) in [5.41, 5.74) is 0. The molecule has 2 rings (SSSR count).